The maximum absolute atomic E-state index is 13.0. The number of pyridine rings is 1. The van der Waals surface area contributed by atoms with Gasteiger partial charge in [-0.2, -0.15) is 0 Å². The van der Waals surface area contributed by atoms with Crippen molar-refractivity contribution in [3.05, 3.63) is 113 Å². The molecule has 0 aliphatic heterocycles. The van der Waals surface area contributed by atoms with E-state index in [-0.39, 0.29) is 5.56 Å². The Labute approximate surface area is 179 Å². The van der Waals surface area contributed by atoms with Crippen molar-refractivity contribution >= 4 is 11.6 Å². The second-order valence-corrected chi connectivity index (χ2v) is 6.66. The summed E-state index contributed by atoms with van der Waals surface area (Å²) < 4.78 is 12.5. The number of rotatable bonds is 6. The average molecular weight is 412 g/mol. The topological polar surface area (TPSA) is 69.6 Å². The van der Waals surface area contributed by atoms with Crippen LogP contribution in [0.4, 0.5) is 5.69 Å². The minimum atomic E-state index is -0.494. The van der Waals surface area contributed by atoms with Gasteiger partial charge < -0.3 is 14.8 Å². The minimum absolute atomic E-state index is 0.0259. The second-order valence-electron chi connectivity index (χ2n) is 6.66. The van der Waals surface area contributed by atoms with E-state index in [0.29, 0.717) is 22.9 Å². The Kier molecular flexibility index (Phi) is 5.80. The van der Waals surface area contributed by atoms with Gasteiger partial charge in [-0.05, 0) is 60.7 Å². The number of hydrogen-bond donors (Lipinski definition) is 1. The number of methoxy groups -OCH3 is 1. The summed E-state index contributed by atoms with van der Waals surface area (Å²) in [6, 6.07) is 26.6. The van der Waals surface area contributed by atoms with Crippen LogP contribution >= 0.6 is 0 Å². The first-order chi connectivity index (χ1) is 15.2. The highest BCUT2D eigenvalue weighted by Gasteiger charge is 2.15. The predicted molar refractivity (Wildman–Crippen MR) is 120 cm³/mol. The van der Waals surface area contributed by atoms with Crippen LogP contribution < -0.4 is 20.3 Å². The number of para-hydroxylation sites is 3. The molecule has 4 aromatic rings. The molecule has 0 aliphatic rings. The van der Waals surface area contributed by atoms with Crippen molar-refractivity contribution in [2.45, 2.75) is 0 Å². The molecule has 1 aromatic heterocycles. The lowest BCUT2D eigenvalue weighted by molar-refractivity contribution is 0.102. The second kappa shape index (κ2) is 9.00. The van der Waals surface area contributed by atoms with Gasteiger partial charge in [0.25, 0.3) is 11.5 Å². The summed E-state index contributed by atoms with van der Waals surface area (Å²) in [5, 5.41) is 2.76. The van der Waals surface area contributed by atoms with E-state index in [0.717, 1.165) is 5.75 Å². The highest BCUT2D eigenvalue weighted by Crippen LogP contribution is 2.23. The third-order valence-electron chi connectivity index (χ3n) is 4.63. The Balaban J connectivity index is 1.53. The van der Waals surface area contributed by atoms with Crippen LogP contribution in [0.1, 0.15) is 10.4 Å². The number of benzene rings is 3. The van der Waals surface area contributed by atoms with Crippen molar-refractivity contribution in [1.29, 1.82) is 0 Å². The van der Waals surface area contributed by atoms with Crippen LogP contribution in [-0.4, -0.2) is 17.6 Å². The molecule has 4 rings (SSSR count). The number of nitrogens with one attached hydrogen (secondary N) is 1. The van der Waals surface area contributed by atoms with E-state index in [2.05, 4.69) is 5.32 Å². The van der Waals surface area contributed by atoms with Crippen molar-refractivity contribution < 1.29 is 14.3 Å². The van der Waals surface area contributed by atoms with E-state index in [4.69, 9.17) is 9.47 Å². The van der Waals surface area contributed by atoms with Crippen LogP contribution in [0.2, 0.25) is 0 Å². The van der Waals surface area contributed by atoms with Crippen LogP contribution in [-0.2, 0) is 0 Å². The maximum Gasteiger partial charge on any atom is 0.268 e. The minimum Gasteiger partial charge on any atom is -0.495 e. The van der Waals surface area contributed by atoms with Gasteiger partial charge >= 0.3 is 0 Å². The van der Waals surface area contributed by atoms with Crippen LogP contribution in [0.15, 0.2) is 102 Å². The molecular weight excluding hydrogens is 392 g/mol. The van der Waals surface area contributed by atoms with Gasteiger partial charge in [0.15, 0.2) is 0 Å². The van der Waals surface area contributed by atoms with Gasteiger partial charge in [-0.1, -0.05) is 30.3 Å². The quantitative estimate of drug-likeness (QED) is 0.490. The zero-order valence-electron chi connectivity index (χ0n) is 16.8. The van der Waals surface area contributed by atoms with Gasteiger partial charge in [-0.3, -0.25) is 14.2 Å². The number of carbonyl (C=O) groups is 1. The maximum atomic E-state index is 13.0. The van der Waals surface area contributed by atoms with Gasteiger partial charge in [-0.25, -0.2) is 0 Å². The largest absolute Gasteiger partial charge is 0.495 e. The van der Waals surface area contributed by atoms with Gasteiger partial charge in [0.2, 0.25) is 0 Å². The molecule has 0 radical (unpaired) electrons. The van der Waals surface area contributed by atoms with Gasteiger partial charge in [0, 0.05) is 11.9 Å². The summed E-state index contributed by atoms with van der Waals surface area (Å²) in [5.41, 5.74) is 0.705. The summed E-state index contributed by atoms with van der Waals surface area (Å²) in [7, 11) is 1.53. The molecule has 0 fully saturated rings. The molecule has 1 amide bonds. The fourth-order valence-corrected chi connectivity index (χ4v) is 3.11. The van der Waals surface area contributed by atoms with Crippen molar-refractivity contribution in [2.24, 2.45) is 0 Å². The van der Waals surface area contributed by atoms with E-state index in [9.17, 15) is 9.59 Å². The lowest BCUT2D eigenvalue weighted by atomic mass is 10.2. The lowest BCUT2D eigenvalue weighted by Gasteiger charge is -2.12. The molecule has 1 heterocycles. The summed E-state index contributed by atoms with van der Waals surface area (Å²) >= 11 is 0. The van der Waals surface area contributed by atoms with Crippen LogP contribution in [0, 0.1) is 0 Å². The zero-order chi connectivity index (χ0) is 21.6. The van der Waals surface area contributed by atoms with Gasteiger partial charge in [0.05, 0.1) is 12.8 Å². The van der Waals surface area contributed by atoms with E-state index in [1.54, 1.807) is 54.7 Å². The molecule has 6 nitrogen and oxygen atoms in total. The summed E-state index contributed by atoms with van der Waals surface area (Å²) in [6.45, 7) is 0. The molecule has 3 aromatic carbocycles. The Morgan fingerprint density at radius 3 is 2.23 bits per heavy atom. The normalized spacial score (nSPS) is 10.4. The molecular formula is C25H20N2O4. The first-order valence-electron chi connectivity index (χ1n) is 9.65. The molecule has 0 atom stereocenters. The SMILES string of the molecule is COc1ccccc1-n1cccc(C(=O)Nc2ccc(Oc3ccccc3)cc2)c1=O. The van der Waals surface area contributed by atoms with Crippen LogP contribution in [0.5, 0.6) is 17.2 Å². The number of anilines is 1. The molecule has 0 saturated carbocycles. The molecule has 1 N–H and O–H groups in total. The fraction of sp³-hybridized carbons (Fsp3) is 0.0400. The number of nitrogens with zero attached hydrogens (tertiary/aromatic N) is 1. The molecule has 6 heteroatoms. The fourth-order valence-electron chi connectivity index (χ4n) is 3.11. The molecule has 0 bridgehead atoms. The number of hydrogen-bond acceptors (Lipinski definition) is 4. The van der Waals surface area contributed by atoms with Gasteiger partial charge in [0.1, 0.15) is 22.8 Å². The molecule has 0 saturated heterocycles. The summed E-state index contributed by atoms with van der Waals surface area (Å²) in [6.07, 6.45) is 1.60. The van der Waals surface area contributed by atoms with Crippen molar-refractivity contribution in [1.82, 2.24) is 4.57 Å². The Morgan fingerprint density at radius 1 is 0.806 bits per heavy atom. The first kappa shape index (κ1) is 20.0. The molecule has 0 unspecified atom stereocenters. The highest BCUT2D eigenvalue weighted by atomic mass is 16.5. The Morgan fingerprint density at radius 2 is 1.48 bits per heavy atom. The monoisotopic (exact) mass is 412 g/mol. The number of amides is 1. The zero-order valence-corrected chi connectivity index (χ0v) is 16.8. The van der Waals surface area contributed by atoms with Crippen molar-refractivity contribution in [2.75, 3.05) is 12.4 Å². The van der Waals surface area contributed by atoms with E-state index in [1.807, 2.05) is 36.4 Å². The third kappa shape index (κ3) is 4.48. The number of carbonyl (C=O) groups excluding carboxylic acids is 1. The first-order valence-corrected chi connectivity index (χ1v) is 9.65. The molecule has 31 heavy (non-hydrogen) atoms. The van der Waals surface area contributed by atoms with Crippen LogP contribution in [0.25, 0.3) is 5.69 Å². The van der Waals surface area contributed by atoms with Crippen LogP contribution in [0.3, 0.4) is 0 Å². The van der Waals surface area contributed by atoms with Crippen molar-refractivity contribution in [3.63, 3.8) is 0 Å². The smallest absolute Gasteiger partial charge is 0.268 e. The standard InChI is InChI=1S/C25H20N2O4/c1-30-23-12-6-5-11-22(23)27-17-7-10-21(25(27)29)24(28)26-18-13-15-20(16-14-18)31-19-8-3-2-4-9-19/h2-17H,1H3,(H,26,28). The molecule has 0 aliphatic carbocycles. The highest BCUT2D eigenvalue weighted by molar-refractivity contribution is 6.04. The lowest BCUT2D eigenvalue weighted by Crippen LogP contribution is -2.28. The summed E-state index contributed by atoms with van der Waals surface area (Å²) in [4.78, 5) is 25.7. The Bertz CT molecular complexity index is 1250. The van der Waals surface area contributed by atoms with Gasteiger partial charge in [-0.15, -0.1) is 0 Å². The predicted octanol–water partition coefficient (Wildman–Crippen LogP) is 4.89. The molecule has 0 spiro atoms. The van der Waals surface area contributed by atoms with E-state index < -0.39 is 11.5 Å². The number of ether oxygens (including phenoxy) is 2. The third-order valence-corrected chi connectivity index (χ3v) is 4.63. The Hall–Kier alpha value is -4.32. The summed E-state index contributed by atoms with van der Waals surface area (Å²) in [5.74, 6) is 1.41. The average Bonchev–Trinajstić information content (AvgIpc) is 2.81. The molecule has 154 valence electrons. The number of aromatic nitrogens is 1. The van der Waals surface area contributed by atoms with Crippen molar-refractivity contribution in [3.8, 4) is 22.9 Å². The van der Waals surface area contributed by atoms with E-state index in [1.165, 1.54) is 17.7 Å². The van der Waals surface area contributed by atoms with E-state index >= 15 is 0 Å².